The Labute approximate surface area is 117 Å². The van der Waals surface area contributed by atoms with Crippen LogP contribution in [0.15, 0.2) is 47.9 Å². The number of nitrogens with zero attached hydrogens (tertiary/aromatic N) is 4. The fourth-order valence-electron chi connectivity index (χ4n) is 1.93. The van der Waals surface area contributed by atoms with Crippen LogP contribution in [0, 0.1) is 0 Å². The zero-order chi connectivity index (χ0) is 14.4. The molecule has 0 atom stereocenters. The SMILES string of the molecule is CCN(Cc1ccccc1)c1nccnc1C(N)=NO. The molecule has 0 fully saturated rings. The predicted molar refractivity (Wildman–Crippen MR) is 77.7 cm³/mol. The van der Waals surface area contributed by atoms with Crippen molar-refractivity contribution in [2.24, 2.45) is 10.9 Å². The minimum atomic E-state index is -0.0420. The smallest absolute Gasteiger partial charge is 0.192 e. The molecule has 0 saturated carbocycles. The molecule has 1 heterocycles. The van der Waals surface area contributed by atoms with Crippen LogP contribution in [0.4, 0.5) is 5.82 Å². The summed E-state index contributed by atoms with van der Waals surface area (Å²) in [5.74, 6) is 0.564. The number of hydrogen-bond donors (Lipinski definition) is 2. The lowest BCUT2D eigenvalue weighted by Crippen LogP contribution is -2.28. The molecule has 1 aromatic carbocycles. The molecule has 0 saturated heterocycles. The van der Waals surface area contributed by atoms with E-state index in [-0.39, 0.29) is 5.84 Å². The van der Waals surface area contributed by atoms with Crippen molar-refractivity contribution in [1.29, 1.82) is 0 Å². The first-order chi connectivity index (χ1) is 9.76. The molecular weight excluding hydrogens is 254 g/mol. The highest BCUT2D eigenvalue weighted by Crippen LogP contribution is 2.17. The fraction of sp³-hybridized carbons (Fsp3) is 0.214. The van der Waals surface area contributed by atoms with Gasteiger partial charge in [-0.05, 0) is 12.5 Å². The van der Waals surface area contributed by atoms with Gasteiger partial charge in [-0.3, -0.25) is 0 Å². The van der Waals surface area contributed by atoms with E-state index in [1.165, 1.54) is 6.20 Å². The van der Waals surface area contributed by atoms with Gasteiger partial charge in [-0.1, -0.05) is 35.5 Å². The second kappa shape index (κ2) is 6.51. The first-order valence-corrected chi connectivity index (χ1v) is 6.34. The van der Waals surface area contributed by atoms with E-state index in [9.17, 15) is 0 Å². The van der Waals surface area contributed by atoms with Crippen LogP contribution in [0.25, 0.3) is 0 Å². The largest absolute Gasteiger partial charge is 0.409 e. The molecule has 0 bridgehead atoms. The quantitative estimate of drug-likeness (QED) is 0.373. The fourth-order valence-corrected chi connectivity index (χ4v) is 1.93. The van der Waals surface area contributed by atoms with Crippen LogP contribution in [-0.4, -0.2) is 27.6 Å². The molecule has 0 amide bonds. The molecule has 6 nitrogen and oxygen atoms in total. The second-order valence-corrected chi connectivity index (χ2v) is 4.21. The highest BCUT2D eigenvalue weighted by Gasteiger charge is 2.15. The summed E-state index contributed by atoms with van der Waals surface area (Å²) in [7, 11) is 0. The van der Waals surface area contributed by atoms with Crippen LogP contribution in [0.3, 0.4) is 0 Å². The molecule has 2 rings (SSSR count). The lowest BCUT2D eigenvalue weighted by molar-refractivity contribution is 0.318. The Balaban J connectivity index is 2.33. The van der Waals surface area contributed by atoms with E-state index in [1.807, 2.05) is 42.2 Å². The monoisotopic (exact) mass is 271 g/mol. The van der Waals surface area contributed by atoms with Gasteiger partial charge < -0.3 is 15.8 Å². The number of benzene rings is 1. The van der Waals surface area contributed by atoms with Gasteiger partial charge in [0.15, 0.2) is 17.3 Å². The first-order valence-electron chi connectivity index (χ1n) is 6.34. The Hall–Kier alpha value is -2.63. The van der Waals surface area contributed by atoms with Crippen LogP contribution in [0.1, 0.15) is 18.2 Å². The minimum absolute atomic E-state index is 0.0420. The Morgan fingerprint density at radius 1 is 1.25 bits per heavy atom. The van der Waals surface area contributed by atoms with Crippen LogP contribution in [-0.2, 0) is 6.54 Å². The van der Waals surface area contributed by atoms with Crippen LogP contribution in [0.2, 0.25) is 0 Å². The van der Waals surface area contributed by atoms with Crippen molar-refractivity contribution in [3.63, 3.8) is 0 Å². The number of rotatable bonds is 5. The average Bonchev–Trinajstić information content (AvgIpc) is 2.53. The van der Waals surface area contributed by atoms with Crippen molar-refractivity contribution in [2.75, 3.05) is 11.4 Å². The van der Waals surface area contributed by atoms with Crippen LogP contribution >= 0.6 is 0 Å². The Bertz CT molecular complexity index is 585. The van der Waals surface area contributed by atoms with E-state index in [1.54, 1.807) is 6.20 Å². The molecule has 0 radical (unpaired) electrons. The highest BCUT2D eigenvalue weighted by molar-refractivity contribution is 5.99. The van der Waals surface area contributed by atoms with Gasteiger partial charge in [0, 0.05) is 25.5 Å². The molecule has 1 aromatic heterocycles. The van der Waals surface area contributed by atoms with E-state index in [2.05, 4.69) is 15.1 Å². The van der Waals surface area contributed by atoms with Gasteiger partial charge in [-0.2, -0.15) is 0 Å². The number of hydrogen-bond acceptors (Lipinski definition) is 5. The maximum atomic E-state index is 8.83. The Morgan fingerprint density at radius 2 is 1.95 bits per heavy atom. The van der Waals surface area contributed by atoms with Crippen molar-refractivity contribution in [3.05, 3.63) is 54.0 Å². The van der Waals surface area contributed by atoms with E-state index in [0.29, 0.717) is 18.1 Å². The maximum Gasteiger partial charge on any atom is 0.192 e. The molecule has 0 spiro atoms. The molecule has 3 N–H and O–H groups in total. The van der Waals surface area contributed by atoms with Crippen molar-refractivity contribution in [2.45, 2.75) is 13.5 Å². The summed E-state index contributed by atoms with van der Waals surface area (Å²) in [5.41, 5.74) is 7.19. The van der Waals surface area contributed by atoms with E-state index >= 15 is 0 Å². The van der Waals surface area contributed by atoms with Gasteiger partial charge in [0.25, 0.3) is 0 Å². The first kappa shape index (κ1) is 13.8. The van der Waals surface area contributed by atoms with Gasteiger partial charge in [-0.25, -0.2) is 9.97 Å². The van der Waals surface area contributed by atoms with E-state index in [0.717, 1.165) is 12.1 Å². The summed E-state index contributed by atoms with van der Waals surface area (Å²) < 4.78 is 0. The number of oxime groups is 1. The molecule has 104 valence electrons. The van der Waals surface area contributed by atoms with Gasteiger partial charge in [0.1, 0.15) is 0 Å². The Morgan fingerprint density at radius 3 is 2.60 bits per heavy atom. The molecule has 6 heteroatoms. The van der Waals surface area contributed by atoms with Crippen molar-refractivity contribution in [3.8, 4) is 0 Å². The number of nitrogens with two attached hydrogens (primary N) is 1. The third kappa shape index (κ3) is 3.03. The molecule has 0 unspecified atom stereocenters. The molecular formula is C14H17N5O. The van der Waals surface area contributed by atoms with Gasteiger partial charge >= 0.3 is 0 Å². The summed E-state index contributed by atoms with van der Waals surface area (Å²) in [6, 6.07) is 10.0. The third-order valence-corrected chi connectivity index (χ3v) is 2.93. The van der Waals surface area contributed by atoms with Crippen molar-refractivity contribution < 1.29 is 5.21 Å². The zero-order valence-corrected chi connectivity index (χ0v) is 11.3. The van der Waals surface area contributed by atoms with Gasteiger partial charge in [0.05, 0.1) is 0 Å². The lowest BCUT2D eigenvalue weighted by atomic mass is 10.2. The topological polar surface area (TPSA) is 87.6 Å². The molecule has 2 aromatic rings. The maximum absolute atomic E-state index is 8.83. The summed E-state index contributed by atoms with van der Waals surface area (Å²) in [4.78, 5) is 10.5. The predicted octanol–water partition coefficient (Wildman–Crippen LogP) is 1.60. The standard InChI is InChI=1S/C14H17N5O/c1-2-19(10-11-6-4-3-5-7-11)14-12(13(15)18-20)16-8-9-17-14/h3-9,20H,2,10H2,1H3,(H2,15,18). The molecule has 0 aliphatic rings. The number of anilines is 1. The van der Waals surface area contributed by atoms with Crippen LogP contribution in [0.5, 0.6) is 0 Å². The third-order valence-electron chi connectivity index (χ3n) is 2.93. The summed E-state index contributed by atoms with van der Waals surface area (Å²) >= 11 is 0. The van der Waals surface area contributed by atoms with E-state index in [4.69, 9.17) is 10.9 Å². The average molecular weight is 271 g/mol. The number of aromatic nitrogens is 2. The van der Waals surface area contributed by atoms with Gasteiger partial charge in [0.2, 0.25) is 0 Å². The van der Waals surface area contributed by atoms with Crippen molar-refractivity contribution in [1.82, 2.24) is 9.97 Å². The highest BCUT2D eigenvalue weighted by atomic mass is 16.4. The molecule has 20 heavy (non-hydrogen) atoms. The molecule has 0 aliphatic carbocycles. The molecule has 0 aliphatic heterocycles. The summed E-state index contributed by atoms with van der Waals surface area (Å²) in [6.45, 7) is 3.44. The normalized spacial score (nSPS) is 11.3. The minimum Gasteiger partial charge on any atom is -0.409 e. The van der Waals surface area contributed by atoms with Crippen LogP contribution < -0.4 is 10.6 Å². The summed E-state index contributed by atoms with van der Waals surface area (Å²) in [5, 5.41) is 11.8. The Kier molecular flexibility index (Phi) is 4.49. The zero-order valence-electron chi connectivity index (χ0n) is 11.3. The van der Waals surface area contributed by atoms with Crippen molar-refractivity contribution >= 4 is 11.7 Å². The number of amidine groups is 1. The second-order valence-electron chi connectivity index (χ2n) is 4.21. The lowest BCUT2D eigenvalue weighted by Gasteiger charge is -2.23. The van der Waals surface area contributed by atoms with Gasteiger partial charge in [-0.15, -0.1) is 0 Å². The van der Waals surface area contributed by atoms with E-state index < -0.39 is 0 Å². The summed E-state index contributed by atoms with van der Waals surface area (Å²) in [6.07, 6.45) is 3.12.